The van der Waals surface area contributed by atoms with Crippen LogP contribution in [0.3, 0.4) is 0 Å². The van der Waals surface area contributed by atoms with E-state index in [1.807, 2.05) is 12.1 Å². The zero-order valence-electron chi connectivity index (χ0n) is 58.7. The third kappa shape index (κ3) is 19.2. The van der Waals surface area contributed by atoms with Crippen molar-refractivity contribution in [2.45, 2.75) is 178 Å². The van der Waals surface area contributed by atoms with Gasteiger partial charge >= 0.3 is 59.8 Å². The molecule has 4 heterocycles. The number of benzene rings is 4. The Kier molecular flexibility index (Phi) is 27.1. The van der Waals surface area contributed by atoms with Crippen LogP contribution in [0, 0.1) is 29.1 Å². The number of halogens is 5. The third-order valence-corrected chi connectivity index (χ3v) is 17.0. The van der Waals surface area contributed by atoms with Crippen molar-refractivity contribution in [3.8, 4) is 16.9 Å². The first-order valence-corrected chi connectivity index (χ1v) is 33.0. The number of nitrogens with zero attached hydrogens (tertiary/aromatic N) is 3. The predicted molar refractivity (Wildman–Crippen MR) is 343 cm³/mol. The van der Waals surface area contributed by atoms with Crippen LogP contribution in [0.5, 0.6) is 5.75 Å². The zero-order valence-corrected chi connectivity index (χ0v) is 58.7. The number of ether oxygens (including phenoxy) is 18. The number of carbonyl (C=O) groups is 11. The molecule has 39 heteroatoms. The molecule has 0 radical (unpaired) electrons. The summed E-state index contributed by atoms with van der Waals surface area (Å²) in [7, 11) is 0.785. The average molecular weight is 1530 g/mol. The SMILES string of the molecule is COC(=O)[C@@]1(O[C@H]2[C@@H](OC(C)=O)[C@@H](COC(C)=O)O[C@@H](O[C@@H]3[C@@H](N=[N+]=[N-])[C@@H](OC[C@H](NC(=O)OCC4c5ccccc5-c5ccccc54)C(=O)Oc4c(F)c(F)c(F)c(F)c4F)O[C@@H]4COC(c5ccccc5)O[C@H]34)[C@@H]2OC(C)=O)C[C@H](OC(C)=O)[C@@H](NC(C)=O)[C@H]([C@H](OC(C)=O)[C@@H](COC(C)=O)OC(C)=O)O1. The molecule has 0 bridgehead atoms. The van der Waals surface area contributed by atoms with Crippen LogP contribution in [0.15, 0.2) is 84.0 Å². The van der Waals surface area contributed by atoms with E-state index < -0.39 is 256 Å². The molecule has 1 aliphatic carbocycles. The number of rotatable bonds is 27. The fourth-order valence-corrected chi connectivity index (χ4v) is 12.8. The molecule has 34 nitrogen and oxygen atoms in total. The predicted octanol–water partition coefficient (Wildman–Crippen LogP) is 5.17. The maximum Gasteiger partial charge on any atom is 0.407 e. The van der Waals surface area contributed by atoms with Crippen LogP contribution in [0.1, 0.15) is 90.7 Å². The Morgan fingerprint density at radius 3 is 1.80 bits per heavy atom. The van der Waals surface area contributed by atoms with E-state index in [9.17, 15) is 66.6 Å². The number of amides is 2. The summed E-state index contributed by atoms with van der Waals surface area (Å²) in [6, 6.07) is 15.9. The number of hydrogen-bond donors (Lipinski definition) is 2. The van der Waals surface area contributed by atoms with Gasteiger partial charge in [0.25, 0.3) is 5.79 Å². The van der Waals surface area contributed by atoms with Gasteiger partial charge in [0.15, 0.2) is 49.3 Å². The molecule has 4 fully saturated rings. The van der Waals surface area contributed by atoms with Crippen molar-refractivity contribution in [2.75, 3.05) is 40.1 Å². The van der Waals surface area contributed by atoms with E-state index in [0.29, 0.717) is 16.7 Å². The summed E-state index contributed by atoms with van der Waals surface area (Å²) in [6.07, 6.45) is -30.9. The van der Waals surface area contributed by atoms with E-state index >= 15 is 13.6 Å². The molecule has 5 aliphatic rings. The lowest BCUT2D eigenvalue weighted by Crippen LogP contribution is -2.72. The number of carbonyl (C=O) groups excluding carboxylic acids is 11. The van der Waals surface area contributed by atoms with Crippen LogP contribution in [-0.4, -0.2) is 210 Å². The summed E-state index contributed by atoms with van der Waals surface area (Å²) >= 11 is 0. The van der Waals surface area contributed by atoms with Gasteiger partial charge in [0.05, 0.1) is 32.8 Å². The maximum atomic E-state index is 15.3. The second-order valence-corrected chi connectivity index (χ2v) is 24.7. The summed E-state index contributed by atoms with van der Waals surface area (Å²) in [5.74, 6) is -31.4. The molecule has 4 aromatic carbocycles. The third-order valence-electron chi connectivity index (χ3n) is 17.0. The number of azide groups is 1. The van der Waals surface area contributed by atoms with Crippen LogP contribution in [0.2, 0.25) is 0 Å². The van der Waals surface area contributed by atoms with Gasteiger partial charge in [-0.2, -0.15) is 8.78 Å². The molecule has 4 aliphatic heterocycles. The van der Waals surface area contributed by atoms with Crippen LogP contribution in [0.4, 0.5) is 26.7 Å². The van der Waals surface area contributed by atoms with E-state index in [0.717, 1.165) is 73.6 Å². The molecule has 2 amide bonds. The Morgan fingerprint density at radius 1 is 0.630 bits per heavy atom. The molecular formula is C69H72F5N5O29. The lowest BCUT2D eigenvalue weighted by atomic mass is 9.87. The second-order valence-electron chi connectivity index (χ2n) is 24.7. The van der Waals surface area contributed by atoms with E-state index in [2.05, 4.69) is 20.7 Å². The minimum atomic E-state index is -3.28. The van der Waals surface area contributed by atoms with Crippen molar-refractivity contribution in [3.05, 3.63) is 135 Å². The van der Waals surface area contributed by atoms with Crippen LogP contribution in [-0.2, 0) is 128 Å². The smallest absolute Gasteiger partial charge is 0.407 e. The first-order chi connectivity index (χ1) is 51.3. The van der Waals surface area contributed by atoms with Gasteiger partial charge in [-0.15, -0.1) is 0 Å². The van der Waals surface area contributed by atoms with Gasteiger partial charge in [0, 0.05) is 71.8 Å². The van der Waals surface area contributed by atoms with Gasteiger partial charge in [-0.3, -0.25) is 38.4 Å². The van der Waals surface area contributed by atoms with Gasteiger partial charge in [0.2, 0.25) is 40.7 Å². The van der Waals surface area contributed by atoms with Crippen molar-refractivity contribution in [2.24, 2.45) is 5.11 Å². The molecule has 2 N–H and O–H groups in total. The van der Waals surface area contributed by atoms with E-state index in [4.69, 9.17) is 85.3 Å². The number of methoxy groups -OCH3 is 1. The number of hydrogen-bond acceptors (Lipinski definition) is 30. The van der Waals surface area contributed by atoms with Gasteiger partial charge in [-0.25, -0.2) is 27.6 Å². The summed E-state index contributed by atoms with van der Waals surface area (Å²) in [4.78, 5) is 151. The molecule has 0 saturated carbocycles. The van der Waals surface area contributed by atoms with E-state index in [1.54, 1.807) is 66.7 Å². The molecule has 108 heavy (non-hydrogen) atoms. The highest BCUT2D eigenvalue weighted by Gasteiger charge is 2.64. The summed E-state index contributed by atoms with van der Waals surface area (Å²) in [5.41, 5.74) is 13.8. The minimum Gasteiger partial charge on any atom is -0.465 e. The molecule has 0 spiro atoms. The van der Waals surface area contributed by atoms with Gasteiger partial charge in [-0.05, 0) is 27.8 Å². The van der Waals surface area contributed by atoms with Crippen molar-refractivity contribution in [3.63, 3.8) is 0 Å². The number of nitrogens with one attached hydrogen (secondary N) is 2. The zero-order chi connectivity index (χ0) is 78.6. The maximum absolute atomic E-state index is 15.3. The topological polar surface area (TPSA) is 427 Å². The van der Waals surface area contributed by atoms with Crippen molar-refractivity contribution in [1.29, 1.82) is 0 Å². The Balaban J connectivity index is 1.15. The lowest BCUT2D eigenvalue weighted by molar-refractivity contribution is -0.393. The Labute approximate surface area is 609 Å². The highest BCUT2D eigenvalue weighted by molar-refractivity contribution is 5.84. The second kappa shape index (κ2) is 35.9. The highest BCUT2D eigenvalue weighted by atomic mass is 19.2. The van der Waals surface area contributed by atoms with Crippen LogP contribution < -0.4 is 15.4 Å². The van der Waals surface area contributed by atoms with Crippen LogP contribution in [0.25, 0.3) is 21.6 Å². The summed E-state index contributed by atoms with van der Waals surface area (Å²) < 4.78 is 181. The van der Waals surface area contributed by atoms with Crippen molar-refractivity contribution >= 4 is 65.7 Å². The van der Waals surface area contributed by atoms with Crippen molar-refractivity contribution < 1.29 is 160 Å². The Bertz CT molecular complexity index is 4030. The number of esters is 9. The fraction of sp³-hybridized carbons (Fsp3) is 0.493. The Hall–Kier alpha value is -10.5. The van der Waals surface area contributed by atoms with Crippen molar-refractivity contribution in [1.82, 2.24) is 10.6 Å². The first kappa shape index (κ1) is 81.6. The fourth-order valence-electron chi connectivity index (χ4n) is 12.8. The Morgan fingerprint density at radius 2 is 1.22 bits per heavy atom. The minimum absolute atomic E-state index is 0.335. The molecule has 582 valence electrons. The van der Waals surface area contributed by atoms with Crippen LogP contribution >= 0.6 is 0 Å². The van der Waals surface area contributed by atoms with E-state index in [1.165, 1.54) is 0 Å². The molecule has 0 aromatic heterocycles. The molecule has 9 rings (SSSR count). The standard InChI is InChI=1S/C69H72F5N5O29/c1-29(80)76-53-44(97-32(4)83)23-69(67(89)91-9,107-60(53)56(99-34(6)85)45(98-33(5)84)26-92-30(2)81)108-61-57(100-35(7)86)46(27-93-31(3)82)103-66(62(61)101-36(8)87)106-59-54(78-79-75)65(102-47-28-95-64(105-55(47)59)37-17-11-10-12-18-37)94-25-43(63(88)104-58-51(73)49(71)48(70)50(72)52(58)74)77-68(90)96-24-42-40-21-15-13-19-38(40)39-20-14-16-22-41(39)42/h10-22,42-47,53-57,59-62,64-66H,23-28H2,1-9H3,(H,76,80)(H,77,90)/t43-,44-,45+,46+,47+,53+,54+,55-,56+,57-,59+,60+,61-,62+,64?,65-,66-,69-/m0/s1. The summed E-state index contributed by atoms with van der Waals surface area (Å²) in [6.45, 7) is 2.95. The molecule has 1 unspecified atom stereocenters. The van der Waals surface area contributed by atoms with Gasteiger partial charge in [0.1, 0.15) is 68.6 Å². The monoisotopic (exact) mass is 1530 g/mol. The van der Waals surface area contributed by atoms with E-state index in [-0.39, 0.29) is 0 Å². The summed E-state index contributed by atoms with van der Waals surface area (Å²) in [5, 5.41) is 8.50. The number of alkyl carbamates (subject to hydrolysis) is 1. The lowest BCUT2D eigenvalue weighted by Gasteiger charge is -2.53. The first-order valence-electron chi connectivity index (χ1n) is 33.0. The molecular weight excluding hydrogens is 1460 g/mol. The van der Waals surface area contributed by atoms with Gasteiger partial charge in [-0.1, -0.05) is 84.0 Å². The quantitative estimate of drug-likeness (QED) is 0.00894. The molecule has 4 aromatic rings. The molecule has 4 saturated heterocycles. The number of fused-ring (bicyclic) bond motifs is 4. The normalized spacial score (nSPS) is 26.4. The molecule has 18 atom stereocenters. The highest BCUT2D eigenvalue weighted by Crippen LogP contribution is 2.47. The largest absolute Gasteiger partial charge is 0.465 e. The van der Waals surface area contributed by atoms with Gasteiger partial charge < -0.3 is 95.9 Å². The average Bonchev–Trinajstić information content (AvgIpc) is 1.19.